The fourth-order valence-electron chi connectivity index (χ4n) is 1.57. The summed E-state index contributed by atoms with van der Waals surface area (Å²) in [4.78, 5) is 18.0. The third-order valence-corrected chi connectivity index (χ3v) is 2.85. The van der Waals surface area contributed by atoms with Crippen LogP contribution in [-0.4, -0.2) is 28.4 Å². The van der Waals surface area contributed by atoms with Crippen LogP contribution in [-0.2, 0) is 0 Å². The van der Waals surface area contributed by atoms with Crippen LogP contribution >= 0.6 is 11.6 Å². The minimum atomic E-state index is -0.313. The van der Waals surface area contributed by atoms with E-state index in [0.717, 1.165) is 0 Å². The van der Waals surface area contributed by atoms with E-state index in [0.29, 0.717) is 12.4 Å². The van der Waals surface area contributed by atoms with Gasteiger partial charge in [0.05, 0.1) is 17.5 Å². The molecule has 0 fully saturated rings. The summed E-state index contributed by atoms with van der Waals surface area (Å²) in [7, 11) is 0. The molecule has 0 aliphatic heterocycles. The fraction of sp³-hybridized carbons (Fsp3) is 0.417. The number of hydrazine groups is 1. The monoisotopic (exact) mass is 281 g/mol. The summed E-state index contributed by atoms with van der Waals surface area (Å²) in [5.74, 6) is 5.31. The maximum atomic E-state index is 12.4. The topological polar surface area (TPSA) is 95.0 Å². The summed E-state index contributed by atoms with van der Waals surface area (Å²) in [5, 5.41) is 8.89. The number of rotatable bonds is 5. The van der Waals surface area contributed by atoms with Gasteiger partial charge in [0.1, 0.15) is 11.5 Å². The molecule has 3 N–H and O–H groups in total. The second-order valence-electron chi connectivity index (χ2n) is 4.17. The summed E-state index contributed by atoms with van der Waals surface area (Å²) in [6, 6.07) is 5.10. The van der Waals surface area contributed by atoms with Crippen molar-refractivity contribution in [1.82, 2.24) is 9.88 Å². The van der Waals surface area contributed by atoms with Crippen molar-refractivity contribution in [3.05, 3.63) is 22.8 Å². The highest BCUT2D eigenvalue weighted by molar-refractivity contribution is 6.33. The van der Waals surface area contributed by atoms with Crippen molar-refractivity contribution in [2.45, 2.75) is 26.3 Å². The minimum absolute atomic E-state index is 0.0480. The molecule has 19 heavy (non-hydrogen) atoms. The van der Waals surface area contributed by atoms with Gasteiger partial charge in [0.2, 0.25) is 0 Å². The molecule has 0 bridgehead atoms. The number of nitriles is 1. The Balaban J connectivity index is 3.05. The number of hydrogen-bond acceptors (Lipinski definition) is 5. The largest absolute Gasteiger partial charge is 0.334 e. The van der Waals surface area contributed by atoms with Gasteiger partial charge in [-0.1, -0.05) is 11.6 Å². The maximum Gasteiger partial charge on any atom is 0.274 e. The fourth-order valence-corrected chi connectivity index (χ4v) is 1.76. The summed E-state index contributed by atoms with van der Waals surface area (Å²) < 4.78 is 0. The molecule has 0 saturated carbocycles. The molecule has 0 spiro atoms. The highest BCUT2D eigenvalue weighted by Crippen LogP contribution is 2.19. The summed E-state index contributed by atoms with van der Waals surface area (Å²) in [6.07, 6.45) is 0.260. The van der Waals surface area contributed by atoms with E-state index in [1.807, 2.05) is 19.9 Å². The molecule has 1 aromatic heterocycles. The van der Waals surface area contributed by atoms with Gasteiger partial charge in [0, 0.05) is 12.6 Å². The van der Waals surface area contributed by atoms with Crippen molar-refractivity contribution in [3.63, 3.8) is 0 Å². The summed E-state index contributed by atoms with van der Waals surface area (Å²) >= 11 is 5.99. The molecule has 102 valence electrons. The second-order valence-corrected chi connectivity index (χ2v) is 4.58. The van der Waals surface area contributed by atoms with Crippen molar-refractivity contribution >= 4 is 23.3 Å². The van der Waals surface area contributed by atoms with E-state index >= 15 is 0 Å². The number of nitrogens with one attached hydrogen (secondary N) is 1. The molecule has 7 heteroatoms. The van der Waals surface area contributed by atoms with E-state index in [-0.39, 0.29) is 29.1 Å². The number of nitrogens with zero attached hydrogens (tertiary/aromatic N) is 3. The SMILES string of the molecule is CC(C)N(CCC#N)C(=O)c1nc(NN)ccc1Cl. The van der Waals surface area contributed by atoms with Crippen molar-refractivity contribution in [3.8, 4) is 6.07 Å². The minimum Gasteiger partial charge on any atom is -0.334 e. The quantitative estimate of drug-likeness (QED) is 0.634. The van der Waals surface area contributed by atoms with E-state index in [1.165, 1.54) is 0 Å². The van der Waals surface area contributed by atoms with Crippen LogP contribution in [0.5, 0.6) is 0 Å². The van der Waals surface area contributed by atoms with Crippen LogP contribution in [0.1, 0.15) is 30.8 Å². The van der Waals surface area contributed by atoms with Gasteiger partial charge in [0.25, 0.3) is 5.91 Å². The van der Waals surface area contributed by atoms with Gasteiger partial charge in [-0.2, -0.15) is 5.26 Å². The van der Waals surface area contributed by atoms with Crippen LogP contribution in [0.15, 0.2) is 12.1 Å². The highest BCUT2D eigenvalue weighted by atomic mass is 35.5. The van der Waals surface area contributed by atoms with Gasteiger partial charge in [0.15, 0.2) is 0 Å². The molecule has 1 aromatic rings. The van der Waals surface area contributed by atoms with Gasteiger partial charge < -0.3 is 10.3 Å². The molecule has 0 aliphatic carbocycles. The molecule has 0 aromatic carbocycles. The van der Waals surface area contributed by atoms with E-state index in [4.69, 9.17) is 22.7 Å². The first-order valence-electron chi connectivity index (χ1n) is 5.82. The van der Waals surface area contributed by atoms with E-state index in [2.05, 4.69) is 10.4 Å². The predicted molar refractivity (Wildman–Crippen MR) is 73.5 cm³/mol. The van der Waals surface area contributed by atoms with Crippen LogP contribution < -0.4 is 11.3 Å². The molecular weight excluding hydrogens is 266 g/mol. The molecular formula is C12H16ClN5O. The molecule has 1 amide bonds. The third kappa shape index (κ3) is 3.81. The van der Waals surface area contributed by atoms with Crippen LogP contribution in [0.3, 0.4) is 0 Å². The Hall–Kier alpha value is -1.84. The number of amides is 1. The molecule has 1 heterocycles. The van der Waals surface area contributed by atoms with Crippen molar-refractivity contribution in [1.29, 1.82) is 5.26 Å². The first-order valence-corrected chi connectivity index (χ1v) is 6.20. The Bertz CT molecular complexity index is 497. The van der Waals surface area contributed by atoms with Crippen molar-refractivity contribution in [2.75, 3.05) is 12.0 Å². The lowest BCUT2D eigenvalue weighted by atomic mass is 10.2. The number of nitrogens with two attached hydrogens (primary N) is 1. The number of nitrogen functional groups attached to an aromatic ring is 1. The first-order chi connectivity index (χ1) is 9.01. The maximum absolute atomic E-state index is 12.4. The zero-order valence-corrected chi connectivity index (χ0v) is 11.6. The highest BCUT2D eigenvalue weighted by Gasteiger charge is 2.22. The predicted octanol–water partition coefficient (Wildman–Crippen LogP) is 1.78. The zero-order valence-electron chi connectivity index (χ0n) is 10.9. The van der Waals surface area contributed by atoms with Crippen LogP contribution in [0.4, 0.5) is 5.82 Å². The van der Waals surface area contributed by atoms with Crippen LogP contribution in [0, 0.1) is 11.3 Å². The number of aromatic nitrogens is 1. The standard InChI is InChI=1S/C12H16ClN5O/c1-8(2)18(7-3-6-14)12(19)11-9(13)4-5-10(16-11)17-15/h4-5,8H,3,7,15H2,1-2H3,(H,16,17). The lowest BCUT2D eigenvalue weighted by Crippen LogP contribution is -2.38. The molecule has 0 radical (unpaired) electrons. The number of halogens is 1. The van der Waals surface area contributed by atoms with E-state index in [9.17, 15) is 4.79 Å². The van der Waals surface area contributed by atoms with Gasteiger partial charge >= 0.3 is 0 Å². The molecule has 0 aliphatic rings. The number of anilines is 1. The van der Waals surface area contributed by atoms with E-state index in [1.54, 1.807) is 17.0 Å². The van der Waals surface area contributed by atoms with Crippen LogP contribution in [0.2, 0.25) is 5.02 Å². The molecule has 0 atom stereocenters. The average Bonchev–Trinajstić information content (AvgIpc) is 2.39. The average molecular weight is 282 g/mol. The summed E-state index contributed by atoms with van der Waals surface area (Å²) in [6.45, 7) is 4.08. The number of hydrogen-bond donors (Lipinski definition) is 2. The zero-order chi connectivity index (χ0) is 14.4. The Kier molecular flexibility index (Phi) is 5.55. The number of carbonyl (C=O) groups is 1. The second kappa shape index (κ2) is 6.92. The smallest absolute Gasteiger partial charge is 0.274 e. The first kappa shape index (κ1) is 15.2. The van der Waals surface area contributed by atoms with Gasteiger partial charge in [-0.15, -0.1) is 0 Å². The van der Waals surface area contributed by atoms with Gasteiger partial charge in [-0.05, 0) is 26.0 Å². The van der Waals surface area contributed by atoms with Crippen molar-refractivity contribution < 1.29 is 4.79 Å². The molecule has 6 nitrogen and oxygen atoms in total. The molecule has 1 rings (SSSR count). The lowest BCUT2D eigenvalue weighted by Gasteiger charge is -2.25. The Morgan fingerprint density at radius 3 is 2.84 bits per heavy atom. The Morgan fingerprint density at radius 1 is 1.63 bits per heavy atom. The van der Waals surface area contributed by atoms with Crippen molar-refractivity contribution in [2.24, 2.45) is 5.84 Å². The third-order valence-electron chi connectivity index (χ3n) is 2.55. The Morgan fingerprint density at radius 2 is 2.32 bits per heavy atom. The van der Waals surface area contributed by atoms with Crippen LogP contribution in [0.25, 0.3) is 0 Å². The van der Waals surface area contributed by atoms with Gasteiger partial charge in [-0.3, -0.25) is 4.79 Å². The van der Waals surface area contributed by atoms with E-state index < -0.39 is 0 Å². The number of carbonyl (C=O) groups excluding carboxylic acids is 1. The van der Waals surface area contributed by atoms with Gasteiger partial charge in [-0.25, -0.2) is 10.8 Å². The molecule has 0 saturated heterocycles. The normalized spacial score (nSPS) is 10.1. The lowest BCUT2D eigenvalue weighted by molar-refractivity contribution is 0.0704. The number of pyridine rings is 1. The molecule has 0 unspecified atom stereocenters. The summed E-state index contributed by atoms with van der Waals surface area (Å²) in [5.41, 5.74) is 2.50. The Labute approximate surface area is 117 Å².